The molecular formula is C17H16N4O2. The molecule has 3 aromatic rings. The van der Waals surface area contributed by atoms with Gasteiger partial charge in [0.1, 0.15) is 6.54 Å². The Morgan fingerprint density at radius 3 is 2.70 bits per heavy atom. The van der Waals surface area contributed by atoms with Crippen molar-refractivity contribution < 1.29 is 0 Å². The van der Waals surface area contributed by atoms with E-state index in [2.05, 4.69) is 16.9 Å². The highest BCUT2D eigenvalue weighted by Crippen LogP contribution is 2.14. The summed E-state index contributed by atoms with van der Waals surface area (Å²) in [6, 6.07) is 5.89. The van der Waals surface area contributed by atoms with Gasteiger partial charge in [-0.05, 0) is 38.0 Å². The van der Waals surface area contributed by atoms with Gasteiger partial charge in [-0.1, -0.05) is 18.1 Å². The second-order valence-corrected chi connectivity index (χ2v) is 5.32. The largest absolute Gasteiger partial charge is 0.351 e. The number of benzene rings is 1. The van der Waals surface area contributed by atoms with Crippen LogP contribution in [0.1, 0.15) is 18.1 Å². The lowest BCUT2D eigenvalue weighted by molar-refractivity contribution is 0.684. The molecular weight excluding hydrogens is 292 g/mol. The van der Waals surface area contributed by atoms with Crippen LogP contribution in [0.2, 0.25) is 0 Å². The van der Waals surface area contributed by atoms with Crippen molar-refractivity contribution in [1.82, 2.24) is 18.7 Å². The van der Waals surface area contributed by atoms with Crippen molar-refractivity contribution in [2.24, 2.45) is 0 Å². The minimum atomic E-state index is -0.368. The fourth-order valence-corrected chi connectivity index (χ4v) is 2.43. The Hall–Kier alpha value is -3.07. The summed E-state index contributed by atoms with van der Waals surface area (Å²) in [7, 11) is 0. The number of hydrogen-bond donors (Lipinski definition) is 0. The molecule has 0 aliphatic rings. The molecule has 0 radical (unpaired) electrons. The van der Waals surface area contributed by atoms with Crippen molar-refractivity contribution in [2.45, 2.75) is 27.3 Å². The van der Waals surface area contributed by atoms with E-state index >= 15 is 0 Å². The molecule has 116 valence electrons. The highest BCUT2D eigenvalue weighted by molar-refractivity contribution is 5.46. The van der Waals surface area contributed by atoms with Crippen LogP contribution >= 0.6 is 0 Å². The summed E-state index contributed by atoms with van der Waals surface area (Å²) < 4.78 is 3.96. The topological polar surface area (TPSA) is 61.3 Å². The number of fused-ring (bicyclic) bond motifs is 1. The summed E-state index contributed by atoms with van der Waals surface area (Å²) >= 11 is 0. The van der Waals surface area contributed by atoms with Gasteiger partial charge < -0.3 is 0 Å². The molecule has 0 aliphatic heterocycles. The van der Waals surface area contributed by atoms with Crippen LogP contribution in [0.25, 0.3) is 11.3 Å². The Kier molecular flexibility index (Phi) is 3.62. The first-order valence-corrected chi connectivity index (χ1v) is 7.21. The van der Waals surface area contributed by atoms with E-state index in [1.165, 1.54) is 13.6 Å². The Balaban J connectivity index is 2.27. The van der Waals surface area contributed by atoms with Crippen molar-refractivity contribution in [2.75, 3.05) is 0 Å². The zero-order chi connectivity index (χ0) is 16.6. The highest BCUT2D eigenvalue weighted by atomic mass is 16.2. The second-order valence-electron chi connectivity index (χ2n) is 5.32. The molecule has 0 saturated heterocycles. The van der Waals surface area contributed by atoms with Crippen LogP contribution in [0.3, 0.4) is 0 Å². The smallest absolute Gasteiger partial charge is 0.279 e. The number of aromatic nitrogens is 4. The van der Waals surface area contributed by atoms with Crippen molar-refractivity contribution >= 4 is 5.65 Å². The molecule has 0 aliphatic carbocycles. The molecule has 23 heavy (non-hydrogen) atoms. The van der Waals surface area contributed by atoms with Crippen molar-refractivity contribution in [3.63, 3.8) is 0 Å². The maximum Gasteiger partial charge on any atom is 0.351 e. The minimum absolute atomic E-state index is 0.0938. The third-order valence-corrected chi connectivity index (χ3v) is 3.68. The van der Waals surface area contributed by atoms with Crippen LogP contribution in [-0.4, -0.2) is 18.7 Å². The second kappa shape index (κ2) is 5.61. The Morgan fingerprint density at radius 2 is 1.96 bits per heavy atom. The van der Waals surface area contributed by atoms with Gasteiger partial charge in [0.25, 0.3) is 0 Å². The molecule has 2 heterocycles. The lowest BCUT2D eigenvalue weighted by Crippen LogP contribution is -2.24. The maximum absolute atomic E-state index is 12.7. The Bertz CT molecular complexity index is 1070. The molecule has 6 heteroatoms. The number of nitrogens with zero attached hydrogens (tertiary/aromatic N) is 4. The van der Waals surface area contributed by atoms with Crippen LogP contribution in [0.4, 0.5) is 0 Å². The first-order valence-electron chi connectivity index (χ1n) is 7.21. The standard InChI is InChI=1S/C17H16N4O2/c1-4-5-8-21-17(23)20-10-9-19(16(22)15(20)18-21)14-11-12(2)6-7-13(14)3/h6-7,9-11H,8H2,1-3H3. The molecule has 1 aromatic carbocycles. The molecule has 0 spiro atoms. The van der Waals surface area contributed by atoms with E-state index in [0.717, 1.165) is 16.8 Å². The van der Waals surface area contributed by atoms with Crippen LogP contribution in [-0.2, 0) is 6.54 Å². The Labute approximate surface area is 132 Å². The monoisotopic (exact) mass is 308 g/mol. The van der Waals surface area contributed by atoms with Crippen molar-refractivity contribution in [1.29, 1.82) is 0 Å². The zero-order valence-corrected chi connectivity index (χ0v) is 13.2. The van der Waals surface area contributed by atoms with Gasteiger partial charge in [0, 0.05) is 12.4 Å². The summed E-state index contributed by atoms with van der Waals surface area (Å²) in [5.74, 6) is 5.49. The van der Waals surface area contributed by atoms with Gasteiger partial charge in [0.05, 0.1) is 5.69 Å². The van der Waals surface area contributed by atoms with Crippen LogP contribution in [0.15, 0.2) is 40.2 Å². The SMILES string of the molecule is CC#CCn1nc2c(=O)n(-c3cc(C)ccc3C)ccn2c1=O. The lowest BCUT2D eigenvalue weighted by Gasteiger charge is -2.09. The number of aryl methyl sites for hydroxylation is 2. The van der Waals surface area contributed by atoms with Gasteiger partial charge in [-0.2, -0.15) is 0 Å². The normalized spacial score (nSPS) is 10.6. The molecule has 0 saturated carbocycles. The van der Waals surface area contributed by atoms with Crippen LogP contribution in [0.5, 0.6) is 0 Å². The first kappa shape index (κ1) is 14.9. The molecule has 2 aromatic heterocycles. The molecule has 0 amide bonds. The van der Waals surface area contributed by atoms with Gasteiger partial charge >= 0.3 is 11.2 Å². The third kappa shape index (κ3) is 2.46. The van der Waals surface area contributed by atoms with Gasteiger partial charge in [-0.3, -0.25) is 9.36 Å². The molecule has 0 N–H and O–H groups in total. The van der Waals surface area contributed by atoms with Crippen molar-refractivity contribution in [3.05, 3.63) is 62.6 Å². The van der Waals surface area contributed by atoms with Crippen molar-refractivity contribution in [3.8, 4) is 17.5 Å². The van der Waals surface area contributed by atoms with E-state index < -0.39 is 0 Å². The van der Waals surface area contributed by atoms with E-state index in [1.54, 1.807) is 19.3 Å². The fourth-order valence-electron chi connectivity index (χ4n) is 2.43. The molecule has 0 bridgehead atoms. The predicted octanol–water partition coefficient (Wildman–Crippen LogP) is 1.29. The predicted molar refractivity (Wildman–Crippen MR) is 88.0 cm³/mol. The average molecular weight is 308 g/mol. The van der Waals surface area contributed by atoms with Gasteiger partial charge in [-0.15, -0.1) is 11.0 Å². The fraction of sp³-hybridized carbons (Fsp3) is 0.235. The average Bonchev–Trinajstić information content (AvgIpc) is 2.86. The lowest BCUT2D eigenvalue weighted by atomic mass is 10.1. The van der Waals surface area contributed by atoms with Crippen LogP contribution < -0.4 is 11.2 Å². The summed E-state index contributed by atoms with van der Waals surface area (Å²) in [5, 5.41) is 4.12. The highest BCUT2D eigenvalue weighted by Gasteiger charge is 2.13. The molecule has 3 rings (SSSR count). The summed E-state index contributed by atoms with van der Waals surface area (Å²) in [6.45, 7) is 5.76. The summed E-state index contributed by atoms with van der Waals surface area (Å²) in [5.41, 5.74) is 2.21. The van der Waals surface area contributed by atoms with Gasteiger partial charge in [-0.25, -0.2) is 13.9 Å². The van der Waals surface area contributed by atoms with Crippen LogP contribution in [0, 0.1) is 25.7 Å². The van der Waals surface area contributed by atoms with Gasteiger partial charge in [0.15, 0.2) is 0 Å². The molecule has 0 unspecified atom stereocenters. The van der Waals surface area contributed by atoms with E-state index in [4.69, 9.17) is 0 Å². The third-order valence-electron chi connectivity index (χ3n) is 3.68. The quantitative estimate of drug-likeness (QED) is 0.670. The number of hydrogen-bond acceptors (Lipinski definition) is 3. The molecule has 0 fully saturated rings. The number of rotatable bonds is 2. The van der Waals surface area contributed by atoms with E-state index in [0.29, 0.717) is 0 Å². The maximum atomic E-state index is 12.7. The minimum Gasteiger partial charge on any atom is -0.279 e. The van der Waals surface area contributed by atoms with Gasteiger partial charge in [0.2, 0.25) is 5.65 Å². The molecule has 0 atom stereocenters. The van der Waals surface area contributed by atoms with E-state index in [1.807, 2.05) is 32.0 Å². The Morgan fingerprint density at radius 1 is 1.17 bits per heavy atom. The first-order chi connectivity index (χ1) is 11.0. The van der Waals surface area contributed by atoms with E-state index in [-0.39, 0.29) is 23.4 Å². The summed E-state index contributed by atoms with van der Waals surface area (Å²) in [6.07, 6.45) is 3.15. The summed E-state index contributed by atoms with van der Waals surface area (Å²) in [4.78, 5) is 24.9. The zero-order valence-electron chi connectivity index (χ0n) is 13.2. The molecule has 6 nitrogen and oxygen atoms in total. The van der Waals surface area contributed by atoms with E-state index in [9.17, 15) is 9.59 Å².